The van der Waals surface area contributed by atoms with E-state index in [1.54, 1.807) is 6.92 Å². The molecule has 60 valence electrons. The van der Waals surface area contributed by atoms with Crippen LogP contribution in [0.2, 0.25) is 0 Å². The Hall–Kier alpha value is -1.66. The smallest absolute Gasteiger partial charge is 0.405 e. The Kier molecular flexibility index (Phi) is 2.00. The highest BCUT2D eigenvalue weighted by molar-refractivity contribution is 5.64. The fourth-order valence-electron chi connectivity index (χ4n) is 0.603. The van der Waals surface area contributed by atoms with Crippen LogP contribution in [0, 0.1) is 0 Å². The van der Waals surface area contributed by atoms with Gasteiger partial charge in [0.1, 0.15) is 0 Å². The Bertz CT molecular complexity index is 233. The molecule has 0 aliphatic carbocycles. The summed E-state index contributed by atoms with van der Waals surface area (Å²) >= 11 is 0. The largest absolute Gasteiger partial charge is 0.465 e. The van der Waals surface area contributed by atoms with Crippen molar-refractivity contribution in [1.82, 2.24) is 25.9 Å². The van der Waals surface area contributed by atoms with Crippen molar-refractivity contribution in [2.45, 2.75) is 13.0 Å². The van der Waals surface area contributed by atoms with Crippen molar-refractivity contribution >= 4 is 6.09 Å². The third-order valence-corrected chi connectivity index (χ3v) is 1.09. The molecule has 0 aliphatic heterocycles. The molecule has 0 aliphatic rings. The van der Waals surface area contributed by atoms with Crippen LogP contribution in [0.5, 0.6) is 0 Å². The van der Waals surface area contributed by atoms with Crippen LogP contribution < -0.4 is 5.32 Å². The van der Waals surface area contributed by atoms with Crippen molar-refractivity contribution in [2.75, 3.05) is 0 Å². The summed E-state index contributed by atoms with van der Waals surface area (Å²) in [6, 6.07) is -0.439. The SMILES string of the molecule is CC(NC(=O)O)c1nn[nH]n1. The second kappa shape index (κ2) is 2.95. The van der Waals surface area contributed by atoms with E-state index in [-0.39, 0.29) is 0 Å². The van der Waals surface area contributed by atoms with Crippen LogP contribution in [-0.4, -0.2) is 31.8 Å². The fourth-order valence-corrected chi connectivity index (χ4v) is 0.603. The summed E-state index contributed by atoms with van der Waals surface area (Å²) < 4.78 is 0. The van der Waals surface area contributed by atoms with E-state index in [4.69, 9.17) is 5.11 Å². The number of rotatable bonds is 2. The molecular formula is C4H7N5O2. The Morgan fingerprint density at radius 1 is 1.82 bits per heavy atom. The van der Waals surface area contributed by atoms with Gasteiger partial charge in [-0.05, 0) is 6.92 Å². The molecule has 0 bridgehead atoms. The highest BCUT2D eigenvalue weighted by Crippen LogP contribution is 2.01. The predicted molar refractivity (Wildman–Crippen MR) is 33.8 cm³/mol. The number of aromatic nitrogens is 4. The Morgan fingerprint density at radius 2 is 2.55 bits per heavy atom. The normalized spacial score (nSPS) is 12.5. The standard InChI is InChI=1S/C4H7N5O2/c1-2(5-4(10)11)3-6-8-9-7-3/h2,5H,1H3,(H,10,11)(H,6,7,8,9). The number of carbonyl (C=O) groups is 1. The van der Waals surface area contributed by atoms with Crippen LogP contribution in [0.15, 0.2) is 0 Å². The van der Waals surface area contributed by atoms with Gasteiger partial charge in [0.05, 0.1) is 6.04 Å². The highest BCUT2D eigenvalue weighted by Gasteiger charge is 2.11. The first-order chi connectivity index (χ1) is 5.20. The topological polar surface area (TPSA) is 104 Å². The number of H-pyrrole nitrogens is 1. The van der Waals surface area contributed by atoms with Gasteiger partial charge in [-0.25, -0.2) is 4.79 Å². The molecule has 1 unspecified atom stereocenters. The molecule has 1 amide bonds. The van der Waals surface area contributed by atoms with E-state index in [0.717, 1.165) is 0 Å². The first kappa shape index (κ1) is 7.45. The molecule has 1 heterocycles. The summed E-state index contributed by atoms with van der Waals surface area (Å²) in [6.45, 7) is 1.62. The maximum absolute atomic E-state index is 10.1. The van der Waals surface area contributed by atoms with Crippen molar-refractivity contribution in [2.24, 2.45) is 0 Å². The van der Waals surface area contributed by atoms with Crippen LogP contribution in [0.25, 0.3) is 0 Å². The van der Waals surface area contributed by atoms with Gasteiger partial charge in [-0.2, -0.15) is 5.21 Å². The van der Waals surface area contributed by atoms with E-state index in [0.29, 0.717) is 5.82 Å². The number of hydrogen-bond donors (Lipinski definition) is 3. The van der Waals surface area contributed by atoms with Gasteiger partial charge >= 0.3 is 6.09 Å². The van der Waals surface area contributed by atoms with Crippen LogP contribution >= 0.6 is 0 Å². The maximum atomic E-state index is 10.1. The van der Waals surface area contributed by atoms with Gasteiger partial charge in [-0.15, -0.1) is 10.2 Å². The zero-order valence-electron chi connectivity index (χ0n) is 5.77. The lowest BCUT2D eigenvalue weighted by atomic mass is 10.3. The zero-order chi connectivity index (χ0) is 8.27. The van der Waals surface area contributed by atoms with Crippen molar-refractivity contribution < 1.29 is 9.90 Å². The molecule has 7 nitrogen and oxygen atoms in total. The average molecular weight is 157 g/mol. The van der Waals surface area contributed by atoms with E-state index in [9.17, 15) is 4.79 Å². The third kappa shape index (κ3) is 1.88. The molecule has 0 saturated heterocycles. The highest BCUT2D eigenvalue weighted by atomic mass is 16.4. The number of nitrogens with zero attached hydrogens (tertiary/aromatic N) is 3. The number of tetrazole rings is 1. The number of aromatic amines is 1. The van der Waals surface area contributed by atoms with Gasteiger partial charge in [0, 0.05) is 0 Å². The molecule has 0 aromatic carbocycles. The summed E-state index contributed by atoms with van der Waals surface area (Å²) in [5, 5.41) is 23.2. The lowest BCUT2D eigenvalue weighted by Gasteiger charge is -2.04. The van der Waals surface area contributed by atoms with Crippen LogP contribution in [0.1, 0.15) is 18.8 Å². The molecule has 0 fully saturated rings. The minimum Gasteiger partial charge on any atom is -0.465 e. The van der Waals surface area contributed by atoms with Crippen molar-refractivity contribution in [3.63, 3.8) is 0 Å². The summed E-state index contributed by atoms with van der Waals surface area (Å²) in [4.78, 5) is 10.1. The van der Waals surface area contributed by atoms with E-state index in [2.05, 4.69) is 25.9 Å². The Balaban J connectivity index is 2.56. The van der Waals surface area contributed by atoms with Crippen LogP contribution in [0.4, 0.5) is 4.79 Å². The maximum Gasteiger partial charge on any atom is 0.405 e. The second-order valence-corrected chi connectivity index (χ2v) is 1.94. The van der Waals surface area contributed by atoms with Gasteiger partial charge in [-0.1, -0.05) is 5.21 Å². The van der Waals surface area contributed by atoms with E-state index in [1.165, 1.54) is 0 Å². The first-order valence-electron chi connectivity index (χ1n) is 2.93. The van der Waals surface area contributed by atoms with Gasteiger partial charge in [0.2, 0.25) is 0 Å². The average Bonchev–Trinajstić information content (AvgIpc) is 2.35. The lowest BCUT2D eigenvalue weighted by Crippen LogP contribution is -2.25. The van der Waals surface area contributed by atoms with Crippen molar-refractivity contribution in [3.8, 4) is 0 Å². The second-order valence-electron chi connectivity index (χ2n) is 1.94. The summed E-state index contributed by atoms with van der Waals surface area (Å²) in [6.07, 6.45) is -1.11. The first-order valence-corrected chi connectivity index (χ1v) is 2.93. The van der Waals surface area contributed by atoms with E-state index < -0.39 is 12.1 Å². The van der Waals surface area contributed by atoms with Crippen LogP contribution in [-0.2, 0) is 0 Å². The Labute approximate surface area is 61.8 Å². The number of hydrogen-bond acceptors (Lipinski definition) is 4. The number of nitrogens with one attached hydrogen (secondary N) is 2. The molecule has 0 spiro atoms. The minimum atomic E-state index is -1.11. The molecule has 0 radical (unpaired) electrons. The molecule has 1 aromatic heterocycles. The summed E-state index contributed by atoms with van der Waals surface area (Å²) in [5.41, 5.74) is 0. The van der Waals surface area contributed by atoms with Crippen LogP contribution in [0.3, 0.4) is 0 Å². The molecule has 7 heteroatoms. The minimum absolute atomic E-state index is 0.326. The van der Waals surface area contributed by atoms with Gasteiger partial charge in [0.25, 0.3) is 0 Å². The monoisotopic (exact) mass is 157 g/mol. The Morgan fingerprint density at radius 3 is 3.00 bits per heavy atom. The van der Waals surface area contributed by atoms with Gasteiger partial charge < -0.3 is 10.4 Å². The molecule has 3 N–H and O–H groups in total. The lowest BCUT2D eigenvalue weighted by molar-refractivity contribution is 0.190. The van der Waals surface area contributed by atoms with Gasteiger partial charge in [-0.3, -0.25) is 0 Å². The molecule has 0 saturated carbocycles. The number of amides is 1. The molecular weight excluding hydrogens is 150 g/mol. The predicted octanol–water partition coefficient (Wildman–Crippen LogP) is -0.472. The fraction of sp³-hybridized carbons (Fsp3) is 0.500. The molecule has 1 aromatic rings. The third-order valence-electron chi connectivity index (χ3n) is 1.09. The summed E-state index contributed by atoms with van der Waals surface area (Å²) in [5.74, 6) is 0.326. The van der Waals surface area contributed by atoms with E-state index in [1.807, 2.05) is 0 Å². The zero-order valence-corrected chi connectivity index (χ0v) is 5.77. The van der Waals surface area contributed by atoms with Crippen molar-refractivity contribution in [1.29, 1.82) is 0 Å². The van der Waals surface area contributed by atoms with E-state index >= 15 is 0 Å². The molecule has 1 atom stereocenters. The molecule has 11 heavy (non-hydrogen) atoms. The van der Waals surface area contributed by atoms with Crippen molar-refractivity contribution in [3.05, 3.63) is 5.82 Å². The van der Waals surface area contributed by atoms with Gasteiger partial charge in [0.15, 0.2) is 5.82 Å². The summed E-state index contributed by atoms with van der Waals surface area (Å²) in [7, 11) is 0. The molecule has 1 rings (SSSR count). The number of carboxylic acid groups (broad SMARTS) is 1. The quantitative estimate of drug-likeness (QED) is 0.538.